The van der Waals surface area contributed by atoms with Gasteiger partial charge in [0.2, 0.25) is 0 Å². The van der Waals surface area contributed by atoms with Gasteiger partial charge < -0.3 is 15.3 Å². The Morgan fingerprint density at radius 3 is 2.27 bits per heavy atom. The van der Waals surface area contributed by atoms with Gasteiger partial charge in [0.1, 0.15) is 11.9 Å². The van der Waals surface area contributed by atoms with Crippen molar-refractivity contribution in [2.24, 2.45) is 40.4 Å². The van der Waals surface area contributed by atoms with Gasteiger partial charge in [-0.3, -0.25) is 0 Å². The summed E-state index contributed by atoms with van der Waals surface area (Å²) in [5.41, 5.74) is 0.678. The van der Waals surface area contributed by atoms with Crippen molar-refractivity contribution in [3.8, 4) is 0 Å². The van der Waals surface area contributed by atoms with Crippen LogP contribution in [0.1, 0.15) is 85.0 Å². The summed E-state index contributed by atoms with van der Waals surface area (Å²) in [4.78, 5) is 0. The number of alkyl halides is 3. The van der Waals surface area contributed by atoms with E-state index in [1.165, 1.54) is 0 Å². The maximum absolute atomic E-state index is 15.7. The van der Waals surface area contributed by atoms with E-state index in [1.807, 2.05) is 0 Å². The molecule has 0 bridgehead atoms. The fourth-order valence-corrected chi connectivity index (χ4v) is 8.55. The van der Waals surface area contributed by atoms with Crippen molar-refractivity contribution in [2.75, 3.05) is 0 Å². The molecule has 0 saturated heterocycles. The molecule has 10 atom stereocenters. The van der Waals surface area contributed by atoms with Gasteiger partial charge in [-0.05, 0) is 90.9 Å². The van der Waals surface area contributed by atoms with Crippen molar-refractivity contribution in [3.63, 3.8) is 0 Å². The highest BCUT2D eigenvalue weighted by molar-refractivity contribution is 5.31. The Morgan fingerprint density at radius 2 is 1.61 bits per heavy atom. The molecular weight excluding hydrogens is 436 g/mol. The van der Waals surface area contributed by atoms with Crippen LogP contribution in [0.5, 0.6) is 0 Å². The zero-order valence-electron chi connectivity index (χ0n) is 20.0. The minimum absolute atomic E-state index is 0.0682. The predicted molar refractivity (Wildman–Crippen MR) is 118 cm³/mol. The van der Waals surface area contributed by atoms with Gasteiger partial charge in [-0.1, -0.05) is 33.6 Å². The van der Waals surface area contributed by atoms with Crippen LogP contribution in [0.25, 0.3) is 0 Å². The van der Waals surface area contributed by atoms with Crippen LogP contribution in [0, 0.1) is 40.4 Å². The first kappa shape index (κ1) is 25.4. The quantitative estimate of drug-likeness (QED) is 0.432. The lowest BCUT2D eigenvalue weighted by Gasteiger charge is -2.59. The highest BCUT2D eigenvalue weighted by Gasteiger charge is 2.61. The van der Waals surface area contributed by atoms with Crippen molar-refractivity contribution in [1.29, 1.82) is 0 Å². The first-order chi connectivity index (χ1) is 15.3. The summed E-state index contributed by atoms with van der Waals surface area (Å²) in [5, 5.41) is 30.1. The smallest absolute Gasteiger partial charge is 0.390 e. The summed E-state index contributed by atoms with van der Waals surface area (Å²) >= 11 is 0. The molecule has 4 aliphatic carbocycles. The molecule has 9 unspecified atom stereocenters. The number of aliphatic hydroxyl groups excluding tert-OH is 3. The third-order valence-electron chi connectivity index (χ3n) is 10.5. The number of halogens is 4. The van der Waals surface area contributed by atoms with Crippen LogP contribution < -0.4 is 0 Å². The third-order valence-corrected chi connectivity index (χ3v) is 10.5. The highest BCUT2D eigenvalue weighted by Crippen LogP contribution is 2.68. The monoisotopic (exact) mass is 476 g/mol. The lowest BCUT2D eigenvalue weighted by atomic mass is 9.47. The van der Waals surface area contributed by atoms with Gasteiger partial charge in [0.25, 0.3) is 0 Å². The summed E-state index contributed by atoms with van der Waals surface area (Å²) in [5.74, 6) is 0.442. The molecule has 3 saturated carbocycles. The molecule has 0 aliphatic heterocycles. The minimum Gasteiger partial charge on any atom is -0.390 e. The van der Waals surface area contributed by atoms with Crippen LogP contribution in [0.4, 0.5) is 17.6 Å². The largest absolute Gasteiger partial charge is 0.414 e. The summed E-state index contributed by atoms with van der Waals surface area (Å²) in [6, 6.07) is 0. The summed E-state index contributed by atoms with van der Waals surface area (Å²) < 4.78 is 53.5. The normalized spacial score (nSPS) is 45.3. The zero-order chi connectivity index (χ0) is 24.3. The van der Waals surface area contributed by atoms with Gasteiger partial charge in [0.15, 0.2) is 0 Å². The summed E-state index contributed by atoms with van der Waals surface area (Å²) in [6.45, 7) is 6.53. The Bertz CT molecular complexity index is 767. The Labute approximate surface area is 194 Å². The number of allylic oxidation sites excluding steroid dienone is 2. The van der Waals surface area contributed by atoms with Crippen molar-refractivity contribution in [2.45, 2.75) is 109 Å². The lowest BCUT2D eigenvalue weighted by molar-refractivity contribution is -0.205. The second-order valence-corrected chi connectivity index (χ2v) is 12.1. The standard InChI is InChI=1S/C26H40F4O3/c1-14(5-4-6-21(32)26(28,29)30)15-7-8-16-22-17(9-11-24(15,16)2)25(3)12-10-20(31)23(33)18(25)13-19(22)27/h14-18,20-21,23,31-33H,4-13H2,1-3H3/t14-,15?,16?,17?,18?,20?,21?,23?,24?,25?/m1/s1. The number of aliphatic hydroxyl groups is 3. The van der Waals surface area contributed by atoms with Crippen LogP contribution in [-0.4, -0.2) is 39.8 Å². The van der Waals surface area contributed by atoms with Gasteiger partial charge in [-0.25, -0.2) is 4.39 Å². The second-order valence-electron chi connectivity index (χ2n) is 12.1. The van der Waals surface area contributed by atoms with Crippen molar-refractivity contribution >= 4 is 0 Å². The zero-order valence-corrected chi connectivity index (χ0v) is 20.0. The molecule has 33 heavy (non-hydrogen) atoms. The molecule has 3 fully saturated rings. The number of hydrogen-bond donors (Lipinski definition) is 3. The van der Waals surface area contributed by atoms with E-state index in [1.54, 1.807) is 0 Å². The van der Waals surface area contributed by atoms with E-state index in [0.717, 1.165) is 37.7 Å². The Balaban J connectivity index is 1.50. The SMILES string of the molecule is C[C@H](CCCC(O)C(F)(F)F)C1CCC2C3=C(F)CC4C(O)C(O)CCC4(C)C3CCC21C. The van der Waals surface area contributed by atoms with Gasteiger partial charge in [-0.2, -0.15) is 13.2 Å². The first-order valence-electron chi connectivity index (χ1n) is 12.8. The van der Waals surface area contributed by atoms with Crippen LogP contribution in [0.3, 0.4) is 0 Å². The molecule has 0 aromatic heterocycles. The molecule has 0 amide bonds. The molecule has 3 N–H and O–H groups in total. The highest BCUT2D eigenvalue weighted by atomic mass is 19.4. The fourth-order valence-electron chi connectivity index (χ4n) is 8.55. The van der Waals surface area contributed by atoms with Crippen molar-refractivity contribution in [3.05, 3.63) is 11.4 Å². The third kappa shape index (κ3) is 4.18. The summed E-state index contributed by atoms with van der Waals surface area (Å²) in [7, 11) is 0. The molecule has 0 radical (unpaired) electrons. The first-order valence-corrected chi connectivity index (χ1v) is 12.8. The Hall–Kier alpha value is -0.660. The van der Waals surface area contributed by atoms with Crippen LogP contribution >= 0.6 is 0 Å². The molecule has 0 spiro atoms. The average Bonchev–Trinajstić information content (AvgIpc) is 3.09. The maximum Gasteiger partial charge on any atom is 0.414 e. The van der Waals surface area contributed by atoms with Gasteiger partial charge >= 0.3 is 6.18 Å². The maximum atomic E-state index is 15.7. The number of fused-ring (bicyclic) bond motifs is 5. The molecule has 190 valence electrons. The molecular formula is C26H40F4O3. The second kappa shape index (κ2) is 8.77. The molecule has 4 rings (SSSR count). The Kier molecular flexibility index (Phi) is 6.76. The van der Waals surface area contributed by atoms with E-state index in [0.29, 0.717) is 25.2 Å². The van der Waals surface area contributed by atoms with Crippen molar-refractivity contribution < 1.29 is 32.9 Å². The topological polar surface area (TPSA) is 60.7 Å². The molecule has 4 aliphatic rings. The van der Waals surface area contributed by atoms with Gasteiger partial charge in [-0.15, -0.1) is 0 Å². The molecule has 0 aromatic carbocycles. The fraction of sp³-hybridized carbons (Fsp3) is 0.923. The number of rotatable bonds is 5. The van der Waals surface area contributed by atoms with Gasteiger partial charge in [0, 0.05) is 6.42 Å². The van der Waals surface area contributed by atoms with E-state index in [2.05, 4.69) is 20.8 Å². The molecule has 7 heteroatoms. The molecule has 0 heterocycles. The Morgan fingerprint density at radius 1 is 0.970 bits per heavy atom. The van der Waals surface area contributed by atoms with E-state index in [-0.39, 0.29) is 53.2 Å². The van der Waals surface area contributed by atoms with Crippen LogP contribution in [0.15, 0.2) is 11.4 Å². The van der Waals surface area contributed by atoms with E-state index in [4.69, 9.17) is 0 Å². The minimum atomic E-state index is -4.56. The van der Waals surface area contributed by atoms with E-state index < -0.39 is 24.5 Å². The molecule has 0 aromatic rings. The molecule has 3 nitrogen and oxygen atoms in total. The summed E-state index contributed by atoms with van der Waals surface area (Å²) in [6.07, 6.45) is -2.56. The van der Waals surface area contributed by atoms with Gasteiger partial charge in [0.05, 0.1) is 12.2 Å². The van der Waals surface area contributed by atoms with Crippen molar-refractivity contribution in [1.82, 2.24) is 0 Å². The van der Waals surface area contributed by atoms with E-state index in [9.17, 15) is 28.5 Å². The average molecular weight is 477 g/mol. The number of hydrogen-bond acceptors (Lipinski definition) is 3. The lowest BCUT2D eigenvalue weighted by Crippen LogP contribution is -2.55. The van der Waals surface area contributed by atoms with E-state index >= 15 is 4.39 Å². The van der Waals surface area contributed by atoms with Crippen LogP contribution in [-0.2, 0) is 0 Å². The van der Waals surface area contributed by atoms with Crippen LogP contribution in [0.2, 0.25) is 0 Å². The predicted octanol–water partition coefficient (Wildman–Crippen LogP) is 5.92.